The van der Waals surface area contributed by atoms with Crippen LogP contribution in [0.5, 0.6) is 0 Å². The van der Waals surface area contributed by atoms with Crippen LogP contribution in [-0.4, -0.2) is 77.2 Å². The van der Waals surface area contributed by atoms with Crippen LogP contribution in [0.1, 0.15) is 29.2 Å². The van der Waals surface area contributed by atoms with Crippen molar-refractivity contribution >= 4 is 11.7 Å². The fraction of sp³-hybridized carbons (Fsp3) is 0.550. The van der Waals surface area contributed by atoms with Crippen molar-refractivity contribution in [2.75, 3.05) is 44.3 Å². The van der Waals surface area contributed by atoms with E-state index in [-0.39, 0.29) is 24.2 Å². The maximum Gasteiger partial charge on any atom is 0.257 e. The zero-order valence-electron chi connectivity index (χ0n) is 15.8. The summed E-state index contributed by atoms with van der Waals surface area (Å²) in [5.41, 5.74) is 0.676. The summed E-state index contributed by atoms with van der Waals surface area (Å²) in [6.45, 7) is 4.15. The molecule has 5 rings (SSSR count). The molecular formula is C20H25N5O3. The number of carbonyl (C=O) groups is 1. The Bertz CT molecular complexity index is 805. The maximum atomic E-state index is 13.0. The lowest BCUT2D eigenvalue weighted by Gasteiger charge is -2.23. The minimum absolute atomic E-state index is 0.0303. The molecule has 5 heterocycles. The van der Waals surface area contributed by atoms with Crippen molar-refractivity contribution in [1.29, 1.82) is 0 Å². The summed E-state index contributed by atoms with van der Waals surface area (Å²) in [7, 11) is 0. The Morgan fingerprint density at radius 2 is 1.79 bits per heavy atom. The van der Waals surface area contributed by atoms with Crippen LogP contribution in [0.2, 0.25) is 0 Å². The van der Waals surface area contributed by atoms with Crippen LogP contribution in [0.15, 0.2) is 36.8 Å². The first-order valence-corrected chi connectivity index (χ1v) is 10.0. The molecule has 1 amide bonds. The van der Waals surface area contributed by atoms with E-state index in [4.69, 9.17) is 9.47 Å². The van der Waals surface area contributed by atoms with Gasteiger partial charge in [-0.05, 0) is 31.0 Å². The third-order valence-electron chi connectivity index (χ3n) is 5.83. The van der Waals surface area contributed by atoms with E-state index >= 15 is 0 Å². The second kappa shape index (κ2) is 7.52. The topological polar surface area (TPSA) is 72.7 Å². The molecular weight excluding hydrogens is 358 g/mol. The standard InChI is InChI=1S/C20H25N5O3/c26-20(23-8-1-2-9-23)16-5-3-6-21-19(16)24-11-17-18(12-24)28-14-15(13-27-17)25-10-4-7-22-25/h3-7,10,15,17-18H,1-2,8-9,11-14H2/t17-,18-/m0/s1. The Labute approximate surface area is 164 Å². The van der Waals surface area contributed by atoms with E-state index in [0.29, 0.717) is 31.9 Å². The maximum absolute atomic E-state index is 13.0. The zero-order chi connectivity index (χ0) is 18.9. The van der Waals surface area contributed by atoms with Crippen molar-refractivity contribution in [1.82, 2.24) is 19.7 Å². The van der Waals surface area contributed by atoms with Crippen molar-refractivity contribution in [3.63, 3.8) is 0 Å². The zero-order valence-corrected chi connectivity index (χ0v) is 15.8. The number of hydrogen-bond donors (Lipinski definition) is 0. The van der Waals surface area contributed by atoms with Gasteiger partial charge in [-0.25, -0.2) is 4.98 Å². The van der Waals surface area contributed by atoms with Crippen molar-refractivity contribution in [3.8, 4) is 0 Å². The number of anilines is 1. The smallest absolute Gasteiger partial charge is 0.257 e. The highest BCUT2D eigenvalue weighted by Gasteiger charge is 2.39. The normalized spacial score (nSPS) is 25.7. The Balaban J connectivity index is 1.30. The van der Waals surface area contributed by atoms with Gasteiger partial charge in [0.25, 0.3) is 5.91 Å². The van der Waals surface area contributed by atoms with Crippen LogP contribution in [0.25, 0.3) is 0 Å². The highest BCUT2D eigenvalue weighted by molar-refractivity contribution is 5.99. The van der Waals surface area contributed by atoms with Crippen LogP contribution >= 0.6 is 0 Å². The molecule has 2 aromatic heterocycles. The van der Waals surface area contributed by atoms with Gasteiger partial charge >= 0.3 is 0 Å². The van der Waals surface area contributed by atoms with Gasteiger partial charge in [-0.3, -0.25) is 9.48 Å². The summed E-state index contributed by atoms with van der Waals surface area (Å²) in [6.07, 6.45) is 7.56. The third kappa shape index (κ3) is 3.27. The predicted molar refractivity (Wildman–Crippen MR) is 102 cm³/mol. The Morgan fingerprint density at radius 3 is 2.46 bits per heavy atom. The van der Waals surface area contributed by atoms with E-state index in [1.807, 2.05) is 34.0 Å². The molecule has 3 aliphatic heterocycles. The number of aromatic nitrogens is 3. The SMILES string of the molecule is O=C(c1cccnc1N1C[C@@H]2OCC(n3cccn3)CO[C@H]2C1)N1CCCC1. The molecule has 2 aromatic rings. The Hall–Kier alpha value is -2.45. The molecule has 3 fully saturated rings. The molecule has 0 aliphatic carbocycles. The average molecular weight is 383 g/mol. The number of pyridine rings is 1. The quantitative estimate of drug-likeness (QED) is 0.797. The van der Waals surface area contributed by atoms with Crippen molar-refractivity contribution in [3.05, 3.63) is 42.4 Å². The molecule has 0 aromatic carbocycles. The van der Waals surface area contributed by atoms with Gasteiger partial charge in [0.2, 0.25) is 0 Å². The number of nitrogens with zero attached hydrogens (tertiary/aromatic N) is 5. The van der Waals surface area contributed by atoms with E-state index in [1.54, 1.807) is 12.4 Å². The summed E-state index contributed by atoms with van der Waals surface area (Å²) in [5, 5.41) is 4.30. The summed E-state index contributed by atoms with van der Waals surface area (Å²) in [6, 6.07) is 5.72. The molecule has 8 heteroatoms. The third-order valence-corrected chi connectivity index (χ3v) is 5.83. The molecule has 148 valence electrons. The molecule has 2 atom stereocenters. The summed E-state index contributed by atoms with van der Waals surface area (Å²) < 4.78 is 14.2. The lowest BCUT2D eigenvalue weighted by Crippen LogP contribution is -2.32. The number of carbonyl (C=O) groups excluding carboxylic acids is 1. The molecule has 8 nitrogen and oxygen atoms in total. The van der Waals surface area contributed by atoms with E-state index < -0.39 is 0 Å². The molecule has 3 aliphatic rings. The number of fused-ring (bicyclic) bond motifs is 1. The lowest BCUT2D eigenvalue weighted by atomic mass is 10.2. The fourth-order valence-electron chi connectivity index (χ4n) is 4.31. The van der Waals surface area contributed by atoms with Gasteiger partial charge in [0.15, 0.2) is 0 Å². The summed E-state index contributed by atoms with van der Waals surface area (Å²) in [5.74, 6) is 0.816. The molecule has 0 N–H and O–H groups in total. The van der Waals surface area contributed by atoms with Crippen molar-refractivity contribution < 1.29 is 14.3 Å². The Morgan fingerprint density at radius 1 is 1.04 bits per heavy atom. The molecule has 0 unspecified atom stereocenters. The molecule has 0 spiro atoms. The molecule has 0 saturated carbocycles. The van der Waals surface area contributed by atoms with Gasteiger partial charge in [0, 0.05) is 44.8 Å². The number of ether oxygens (including phenoxy) is 2. The first kappa shape index (κ1) is 17.6. The fourth-order valence-corrected chi connectivity index (χ4v) is 4.31. The van der Waals surface area contributed by atoms with Crippen LogP contribution in [0.3, 0.4) is 0 Å². The second-order valence-electron chi connectivity index (χ2n) is 7.66. The first-order valence-electron chi connectivity index (χ1n) is 10.0. The van der Waals surface area contributed by atoms with Gasteiger partial charge in [-0.2, -0.15) is 5.10 Å². The van der Waals surface area contributed by atoms with Crippen molar-refractivity contribution in [2.45, 2.75) is 31.1 Å². The van der Waals surface area contributed by atoms with Gasteiger partial charge in [-0.15, -0.1) is 0 Å². The van der Waals surface area contributed by atoms with Gasteiger partial charge in [0.05, 0.1) is 24.8 Å². The van der Waals surface area contributed by atoms with E-state index in [9.17, 15) is 4.79 Å². The van der Waals surface area contributed by atoms with E-state index in [1.165, 1.54) is 0 Å². The van der Waals surface area contributed by atoms with Gasteiger partial charge in [-0.1, -0.05) is 0 Å². The highest BCUT2D eigenvalue weighted by Crippen LogP contribution is 2.29. The van der Waals surface area contributed by atoms with Crippen LogP contribution in [-0.2, 0) is 9.47 Å². The molecule has 0 bridgehead atoms. The van der Waals surface area contributed by atoms with Crippen molar-refractivity contribution in [2.24, 2.45) is 0 Å². The molecule has 0 radical (unpaired) electrons. The van der Waals surface area contributed by atoms with Gasteiger partial charge in [0.1, 0.15) is 18.0 Å². The number of amides is 1. The monoisotopic (exact) mass is 383 g/mol. The predicted octanol–water partition coefficient (Wildman–Crippen LogP) is 1.36. The largest absolute Gasteiger partial charge is 0.371 e. The number of likely N-dealkylation sites (tertiary alicyclic amines) is 1. The Kier molecular flexibility index (Phi) is 4.74. The van der Waals surface area contributed by atoms with Gasteiger partial charge < -0.3 is 19.3 Å². The minimum Gasteiger partial charge on any atom is -0.371 e. The highest BCUT2D eigenvalue weighted by atomic mass is 16.6. The summed E-state index contributed by atoms with van der Waals surface area (Å²) >= 11 is 0. The number of rotatable bonds is 3. The summed E-state index contributed by atoms with van der Waals surface area (Å²) in [4.78, 5) is 21.6. The van der Waals surface area contributed by atoms with Crippen LogP contribution in [0, 0.1) is 0 Å². The first-order chi connectivity index (χ1) is 13.8. The average Bonchev–Trinajstić information content (AvgIpc) is 3.49. The minimum atomic E-state index is -0.0303. The second-order valence-corrected chi connectivity index (χ2v) is 7.66. The van der Waals surface area contributed by atoms with E-state index in [0.717, 1.165) is 31.7 Å². The van der Waals surface area contributed by atoms with Crippen LogP contribution in [0.4, 0.5) is 5.82 Å². The molecule has 28 heavy (non-hydrogen) atoms. The number of hydrogen-bond acceptors (Lipinski definition) is 6. The van der Waals surface area contributed by atoms with E-state index in [2.05, 4.69) is 15.0 Å². The lowest BCUT2D eigenvalue weighted by molar-refractivity contribution is -0.00461. The molecule has 3 saturated heterocycles. The van der Waals surface area contributed by atoms with Crippen LogP contribution < -0.4 is 4.90 Å².